The Hall–Kier alpha value is -1.38. The predicted octanol–water partition coefficient (Wildman–Crippen LogP) is 1.63. The van der Waals surface area contributed by atoms with Gasteiger partial charge in [0.1, 0.15) is 12.2 Å². The van der Waals surface area contributed by atoms with Gasteiger partial charge in [-0.25, -0.2) is 9.67 Å². The number of allylic oxidation sites excluding steroid dienone is 3. The molecular formula is C8H11N3. The molecule has 0 aliphatic heterocycles. The van der Waals surface area contributed by atoms with Crippen LogP contribution in [0.5, 0.6) is 0 Å². The third kappa shape index (κ3) is 1.77. The van der Waals surface area contributed by atoms with E-state index in [9.17, 15) is 0 Å². The van der Waals surface area contributed by atoms with Gasteiger partial charge in [-0.15, -0.1) is 0 Å². The number of aryl methyl sites for hydroxylation is 1. The van der Waals surface area contributed by atoms with Crippen LogP contribution in [0.2, 0.25) is 0 Å². The predicted molar refractivity (Wildman–Crippen MR) is 44.9 cm³/mol. The summed E-state index contributed by atoms with van der Waals surface area (Å²) >= 11 is 0. The van der Waals surface area contributed by atoms with Crippen LogP contribution in [0, 0.1) is 6.92 Å². The van der Waals surface area contributed by atoms with Crippen LogP contribution >= 0.6 is 0 Å². The van der Waals surface area contributed by atoms with E-state index in [2.05, 4.69) is 16.7 Å². The molecule has 0 aliphatic rings. The normalized spacial score (nSPS) is 10.7. The molecule has 0 atom stereocenters. The Morgan fingerprint density at radius 3 is 2.91 bits per heavy atom. The lowest BCUT2D eigenvalue weighted by molar-refractivity contribution is 0.891. The zero-order valence-electron chi connectivity index (χ0n) is 6.78. The Morgan fingerprint density at radius 1 is 1.73 bits per heavy atom. The molecule has 0 radical (unpaired) electrons. The molecular weight excluding hydrogens is 138 g/mol. The second-order valence-corrected chi connectivity index (χ2v) is 2.23. The zero-order valence-corrected chi connectivity index (χ0v) is 6.78. The first-order valence-corrected chi connectivity index (χ1v) is 3.44. The molecule has 0 fully saturated rings. The minimum Gasteiger partial charge on any atom is -0.221 e. The van der Waals surface area contributed by atoms with E-state index in [1.807, 2.05) is 26.0 Å². The second kappa shape index (κ2) is 3.14. The fourth-order valence-electron chi connectivity index (χ4n) is 0.753. The molecule has 0 N–H and O–H groups in total. The molecule has 0 saturated heterocycles. The molecule has 0 bridgehead atoms. The van der Waals surface area contributed by atoms with Crippen LogP contribution < -0.4 is 0 Å². The lowest BCUT2D eigenvalue weighted by Crippen LogP contribution is -1.93. The molecule has 0 aromatic carbocycles. The van der Waals surface area contributed by atoms with E-state index in [4.69, 9.17) is 0 Å². The Bertz CT molecular complexity index is 283. The maximum atomic E-state index is 4.08. The van der Waals surface area contributed by atoms with Crippen molar-refractivity contribution in [3.63, 3.8) is 0 Å². The molecule has 1 aromatic heterocycles. The molecule has 1 rings (SSSR count). The van der Waals surface area contributed by atoms with Gasteiger partial charge in [-0.05, 0) is 19.9 Å². The van der Waals surface area contributed by atoms with Crippen molar-refractivity contribution in [2.24, 2.45) is 0 Å². The Labute approximate surface area is 66.1 Å². The van der Waals surface area contributed by atoms with Crippen molar-refractivity contribution in [1.29, 1.82) is 0 Å². The summed E-state index contributed by atoms with van der Waals surface area (Å²) in [6.45, 7) is 7.59. The molecule has 11 heavy (non-hydrogen) atoms. The molecule has 58 valence electrons. The van der Waals surface area contributed by atoms with Gasteiger partial charge in [-0.3, -0.25) is 0 Å². The first kappa shape index (κ1) is 7.72. The molecule has 1 aromatic rings. The van der Waals surface area contributed by atoms with E-state index < -0.39 is 0 Å². The zero-order chi connectivity index (χ0) is 8.27. The highest BCUT2D eigenvalue weighted by Gasteiger charge is 1.94. The molecule has 0 spiro atoms. The van der Waals surface area contributed by atoms with E-state index in [0.29, 0.717) is 0 Å². The SMILES string of the molecule is C=C(C=CC)n1cnc(C)n1. The standard InChI is InChI=1S/C8H11N3/c1-4-5-7(2)11-6-9-8(3)10-11/h4-6H,2H2,1,3H3. The number of nitrogens with zero attached hydrogens (tertiary/aromatic N) is 3. The fourth-order valence-corrected chi connectivity index (χ4v) is 0.753. The Balaban J connectivity index is 2.85. The third-order valence-electron chi connectivity index (χ3n) is 1.26. The fraction of sp³-hybridized carbons (Fsp3) is 0.250. The monoisotopic (exact) mass is 149 g/mol. The first-order valence-electron chi connectivity index (χ1n) is 3.44. The summed E-state index contributed by atoms with van der Waals surface area (Å²) in [5.74, 6) is 0.760. The van der Waals surface area contributed by atoms with Gasteiger partial charge >= 0.3 is 0 Å². The summed E-state index contributed by atoms with van der Waals surface area (Å²) in [6, 6.07) is 0. The van der Waals surface area contributed by atoms with Gasteiger partial charge < -0.3 is 0 Å². The summed E-state index contributed by atoms with van der Waals surface area (Å²) in [4.78, 5) is 3.98. The Kier molecular flexibility index (Phi) is 2.21. The first-order chi connectivity index (χ1) is 5.24. The minimum atomic E-state index is 0.760. The van der Waals surface area contributed by atoms with Crippen molar-refractivity contribution in [2.75, 3.05) is 0 Å². The van der Waals surface area contributed by atoms with Crippen molar-refractivity contribution in [3.8, 4) is 0 Å². The van der Waals surface area contributed by atoms with E-state index in [1.54, 1.807) is 11.0 Å². The number of hydrogen-bond acceptors (Lipinski definition) is 2. The minimum absolute atomic E-state index is 0.760. The van der Waals surface area contributed by atoms with Gasteiger partial charge in [-0.1, -0.05) is 12.7 Å². The lowest BCUT2D eigenvalue weighted by Gasteiger charge is -1.95. The van der Waals surface area contributed by atoms with Crippen LogP contribution in [0.25, 0.3) is 5.70 Å². The summed E-state index contributed by atoms with van der Waals surface area (Å²) in [7, 11) is 0. The molecule has 0 amide bonds. The van der Waals surface area contributed by atoms with Crippen LogP contribution in [-0.2, 0) is 0 Å². The quantitative estimate of drug-likeness (QED) is 0.598. The van der Waals surface area contributed by atoms with E-state index in [0.717, 1.165) is 11.5 Å². The average molecular weight is 149 g/mol. The maximum absolute atomic E-state index is 4.08. The van der Waals surface area contributed by atoms with Crippen molar-refractivity contribution in [3.05, 3.63) is 30.9 Å². The highest BCUT2D eigenvalue weighted by molar-refractivity contribution is 5.52. The molecule has 0 saturated carbocycles. The number of rotatable bonds is 2. The topological polar surface area (TPSA) is 30.7 Å². The molecule has 0 unspecified atom stereocenters. The highest BCUT2D eigenvalue weighted by Crippen LogP contribution is 1.99. The molecule has 3 nitrogen and oxygen atoms in total. The van der Waals surface area contributed by atoms with Crippen molar-refractivity contribution in [2.45, 2.75) is 13.8 Å². The van der Waals surface area contributed by atoms with Crippen LogP contribution in [0.1, 0.15) is 12.7 Å². The van der Waals surface area contributed by atoms with E-state index in [1.165, 1.54) is 0 Å². The average Bonchev–Trinajstić information content (AvgIpc) is 2.36. The third-order valence-corrected chi connectivity index (χ3v) is 1.26. The van der Waals surface area contributed by atoms with Crippen molar-refractivity contribution < 1.29 is 0 Å². The van der Waals surface area contributed by atoms with Gasteiger partial charge in [0, 0.05) is 0 Å². The highest BCUT2D eigenvalue weighted by atomic mass is 15.3. The van der Waals surface area contributed by atoms with Gasteiger partial charge in [0.05, 0.1) is 5.70 Å². The van der Waals surface area contributed by atoms with Gasteiger partial charge in [0.15, 0.2) is 0 Å². The van der Waals surface area contributed by atoms with Crippen LogP contribution in [0.15, 0.2) is 25.1 Å². The van der Waals surface area contributed by atoms with Crippen molar-refractivity contribution in [1.82, 2.24) is 14.8 Å². The maximum Gasteiger partial charge on any atom is 0.147 e. The second-order valence-electron chi connectivity index (χ2n) is 2.23. The smallest absolute Gasteiger partial charge is 0.147 e. The van der Waals surface area contributed by atoms with Crippen LogP contribution in [0.3, 0.4) is 0 Å². The Morgan fingerprint density at radius 2 is 2.45 bits per heavy atom. The summed E-state index contributed by atoms with van der Waals surface area (Å²) in [5, 5.41) is 4.08. The van der Waals surface area contributed by atoms with Gasteiger partial charge in [0.25, 0.3) is 0 Å². The van der Waals surface area contributed by atoms with Crippen LogP contribution in [0.4, 0.5) is 0 Å². The number of aromatic nitrogens is 3. The van der Waals surface area contributed by atoms with E-state index >= 15 is 0 Å². The summed E-state index contributed by atoms with van der Waals surface area (Å²) in [5.41, 5.74) is 0.827. The summed E-state index contributed by atoms with van der Waals surface area (Å²) < 4.78 is 1.65. The summed E-state index contributed by atoms with van der Waals surface area (Å²) in [6.07, 6.45) is 5.45. The molecule has 3 heteroatoms. The molecule has 1 heterocycles. The molecule has 0 aliphatic carbocycles. The number of hydrogen-bond donors (Lipinski definition) is 0. The van der Waals surface area contributed by atoms with Gasteiger partial charge in [-0.2, -0.15) is 5.10 Å². The van der Waals surface area contributed by atoms with E-state index in [-0.39, 0.29) is 0 Å². The lowest BCUT2D eigenvalue weighted by atomic mass is 10.4. The van der Waals surface area contributed by atoms with Crippen LogP contribution in [-0.4, -0.2) is 14.8 Å². The largest absolute Gasteiger partial charge is 0.221 e. The van der Waals surface area contributed by atoms with Crippen molar-refractivity contribution >= 4 is 5.70 Å². The van der Waals surface area contributed by atoms with Gasteiger partial charge in [0.2, 0.25) is 0 Å².